The molecule has 1 saturated heterocycles. The molecule has 5 heteroatoms. The quantitative estimate of drug-likeness (QED) is 0.814. The zero-order valence-electron chi connectivity index (χ0n) is 10.4. The zero-order valence-corrected chi connectivity index (χ0v) is 10.4. The number of hydrogen-bond donors (Lipinski definition) is 2. The van der Waals surface area contributed by atoms with Crippen molar-refractivity contribution in [1.29, 1.82) is 0 Å². The van der Waals surface area contributed by atoms with Gasteiger partial charge >= 0.3 is 0 Å². The van der Waals surface area contributed by atoms with E-state index >= 15 is 0 Å². The number of hydrogen-bond acceptors (Lipinski definition) is 4. The van der Waals surface area contributed by atoms with E-state index in [9.17, 15) is 4.79 Å². The van der Waals surface area contributed by atoms with Crippen molar-refractivity contribution in [3.63, 3.8) is 0 Å². The van der Waals surface area contributed by atoms with Crippen molar-refractivity contribution in [1.82, 2.24) is 10.3 Å². The Hall–Kier alpha value is -1.46. The molecule has 0 aliphatic carbocycles. The minimum Gasteiger partial charge on any atom is -0.381 e. The summed E-state index contributed by atoms with van der Waals surface area (Å²) in [5, 5.41) is 3.03. The fraction of sp³-hybridized carbons (Fsp3) is 0.538. The standard InChI is InChI=1S/C13H19N3O2/c14-5-1-12-9-10(2-6-15-12)13(17)16-11-3-7-18-8-4-11/h2,6,9,11H,1,3-5,7-8,14H2,(H,16,17). The lowest BCUT2D eigenvalue weighted by molar-refractivity contribution is 0.0696. The molecule has 0 bridgehead atoms. The van der Waals surface area contributed by atoms with Gasteiger partial charge in [0.15, 0.2) is 0 Å². The predicted octanol–water partition coefficient (Wildman–Crippen LogP) is 0.492. The highest BCUT2D eigenvalue weighted by atomic mass is 16.5. The molecule has 2 rings (SSSR count). The summed E-state index contributed by atoms with van der Waals surface area (Å²) < 4.78 is 5.26. The van der Waals surface area contributed by atoms with Crippen LogP contribution in [0.15, 0.2) is 18.3 Å². The predicted molar refractivity (Wildman–Crippen MR) is 68.3 cm³/mol. The molecule has 1 aliphatic rings. The Balaban J connectivity index is 1.96. The highest BCUT2D eigenvalue weighted by Gasteiger charge is 2.17. The van der Waals surface area contributed by atoms with Gasteiger partial charge in [0, 0.05) is 43.1 Å². The third kappa shape index (κ3) is 3.51. The molecule has 3 N–H and O–H groups in total. The van der Waals surface area contributed by atoms with E-state index in [2.05, 4.69) is 10.3 Å². The molecular formula is C13H19N3O2. The number of ether oxygens (including phenoxy) is 1. The summed E-state index contributed by atoms with van der Waals surface area (Å²) in [6, 6.07) is 3.76. The van der Waals surface area contributed by atoms with Crippen LogP contribution in [0, 0.1) is 0 Å². The van der Waals surface area contributed by atoms with Gasteiger partial charge in [-0.25, -0.2) is 0 Å². The third-order valence-corrected chi connectivity index (χ3v) is 3.04. The summed E-state index contributed by atoms with van der Waals surface area (Å²) in [6.07, 6.45) is 4.11. The molecule has 0 spiro atoms. The van der Waals surface area contributed by atoms with Crippen molar-refractivity contribution in [3.8, 4) is 0 Å². The molecule has 1 aliphatic heterocycles. The van der Waals surface area contributed by atoms with Gasteiger partial charge in [0.2, 0.25) is 0 Å². The highest BCUT2D eigenvalue weighted by Crippen LogP contribution is 2.08. The van der Waals surface area contributed by atoms with Crippen molar-refractivity contribution >= 4 is 5.91 Å². The van der Waals surface area contributed by atoms with Crippen LogP contribution in [0.5, 0.6) is 0 Å². The van der Waals surface area contributed by atoms with Gasteiger partial charge in [0.25, 0.3) is 5.91 Å². The van der Waals surface area contributed by atoms with E-state index in [1.807, 2.05) is 6.07 Å². The molecule has 0 saturated carbocycles. The molecule has 1 aromatic rings. The molecular weight excluding hydrogens is 230 g/mol. The number of nitrogens with two attached hydrogens (primary N) is 1. The highest BCUT2D eigenvalue weighted by molar-refractivity contribution is 5.94. The Bertz CT molecular complexity index is 403. The maximum Gasteiger partial charge on any atom is 0.251 e. The van der Waals surface area contributed by atoms with Gasteiger partial charge in [-0.05, 0) is 31.5 Å². The summed E-state index contributed by atoms with van der Waals surface area (Å²) in [7, 11) is 0. The van der Waals surface area contributed by atoms with Crippen LogP contribution < -0.4 is 11.1 Å². The van der Waals surface area contributed by atoms with E-state index in [0.717, 1.165) is 31.7 Å². The second-order valence-electron chi connectivity index (χ2n) is 4.43. The lowest BCUT2D eigenvalue weighted by Crippen LogP contribution is -2.38. The van der Waals surface area contributed by atoms with Crippen molar-refractivity contribution < 1.29 is 9.53 Å². The molecule has 1 amide bonds. The monoisotopic (exact) mass is 249 g/mol. The van der Waals surface area contributed by atoms with E-state index in [1.54, 1.807) is 12.3 Å². The number of aromatic nitrogens is 1. The van der Waals surface area contributed by atoms with E-state index in [4.69, 9.17) is 10.5 Å². The molecule has 0 atom stereocenters. The number of amides is 1. The maximum atomic E-state index is 12.1. The normalized spacial score (nSPS) is 16.5. The maximum absolute atomic E-state index is 12.1. The number of rotatable bonds is 4. The smallest absolute Gasteiger partial charge is 0.251 e. The van der Waals surface area contributed by atoms with Crippen LogP contribution in [0.25, 0.3) is 0 Å². The summed E-state index contributed by atoms with van der Waals surface area (Å²) in [5.41, 5.74) is 6.99. The first-order valence-corrected chi connectivity index (χ1v) is 6.33. The van der Waals surface area contributed by atoms with Crippen LogP contribution in [0.2, 0.25) is 0 Å². The van der Waals surface area contributed by atoms with E-state index in [0.29, 0.717) is 18.5 Å². The topological polar surface area (TPSA) is 77.2 Å². The van der Waals surface area contributed by atoms with Crippen LogP contribution in [0.4, 0.5) is 0 Å². The van der Waals surface area contributed by atoms with Crippen molar-refractivity contribution in [2.24, 2.45) is 5.73 Å². The zero-order chi connectivity index (χ0) is 12.8. The van der Waals surface area contributed by atoms with Crippen LogP contribution in [0.1, 0.15) is 28.9 Å². The molecule has 0 aromatic carbocycles. The van der Waals surface area contributed by atoms with Gasteiger partial charge in [-0.2, -0.15) is 0 Å². The van der Waals surface area contributed by atoms with Gasteiger partial charge in [0.1, 0.15) is 0 Å². The molecule has 0 radical (unpaired) electrons. The largest absolute Gasteiger partial charge is 0.381 e. The van der Waals surface area contributed by atoms with E-state index in [-0.39, 0.29) is 11.9 Å². The Kier molecular flexibility index (Phi) is 4.66. The Morgan fingerprint density at radius 2 is 2.28 bits per heavy atom. The first-order chi connectivity index (χ1) is 8.79. The Morgan fingerprint density at radius 3 is 3.00 bits per heavy atom. The third-order valence-electron chi connectivity index (χ3n) is 3.04. The number of nitrogens with one attached hydrogen (secondary N) is 1. The SMILES string of the molecule is NCCc1cc(C(=O)NC2CCOCC2)ccn1. The average Bonchev–Trinajstić information content (AvgIpc) is 2.40. The van der Waals surface area contributed by atoms with Gasteiger partial charge in [-0.1, -0.05) is 0 Å². The molecule has 2 heterocycles. The average molecular weight is 249 g/mol. The van der Waals surface area contributed by atoms with Gasteiger partial charge < -0.3 is 15.8 Å². The fourth-order valence-electron chi connectivity index (χ4n) is 2.01. The van der Waals surface area contributed by atoms with Gasteiger partial charge in [0.05, 0.1) is 0 Å². The number of nitrogens with zero attached hydrogens (tertiary/aromatic N) is 1. The first kappa shape index (κ1) is 13.0. The van der Waals surface area contributed by atoms with E-state index in [1.165, 1.54) is 0 Å². The Morgan fingerprint density at radius 1 is 1.50 bits per heavy atom. The lowest BCUT2D eigenvalue weighted by Gasteiger charge is -2.23. The minimum absolute atomic E-state index is 0.0393. The fourth-order valence-corrected chi connectivity index (χ4v) is 2.01. The summed E-state index contributed by atoms with van der Waals surface area (Å²) in [5.74, 6) is -0.0393. The molecule has 18 heavy (non-hydrogen) atoms. The number of carbonyl (C=O) groups excluding carboxylic acids is 1. The first-order valence-electron chi connectivity index (χ1n) is 6.33. The van der Waals surface area contributed by atoms with Crippen molar-refractivity contribution in [3.05, 3.63) is 29.6 Å². The summed E-state index contributed by atoms with van der Waals surface area (Å²) in [4.78, 5) is 16.2. The summed E-state index contributed by atoms with van der Waals surface area (Å²) in [6.45, 7) is 1.98. The van der Waals surface area contributed by atoms with Crippen LogP contribution in [0.3, 0.4) is 0 Å². The minimum atomic E-state index is -0.0393. The Labute approximate surface area is 107 Å². The van der Waals surface area contributed by atoms with Crippen molar-refractivity contribution in [2.45, 2.75) is 25.3 Å². The van der Waals surface area contributed by atoms with Gasteiger partial charge in [-0.15, -0.1) is 0 Å². The molecule has 1 aromatic heterocycles. The van der Waals surface area contributed by atoms with Crippen LogP contribution in [-0.2, 0) is 11.2 Å². The number of carbonyl (C=O) groups is 1. The van der Waals surface area contributed by atoms with Crippen LogP contribution in [-0.4, -0.2) is 36.7 Å². The van der Waals surface area contributed by atoms with E-state index < -0.39 is 0 Å². The number of pyridine rings is 1. The molecule has 1 fully saturated rings. The second-order valence-corrected chi connectivity index (χ2v) is 4.43. The summed E-state index contributed by atoms with van der Waals surface area (Å²) >= 11 is 0. The molecule has 98 valence electrons. The van der Waals surface area contributed by atoms with Gasteiger partial charge in [-0.3, -0.25) is 9.78 Å². The lowest BCUT2D eigenvalue weighted by atomic mass is 10.1. The second kappa shape index (κ2) is 6.47. The molecule has 0 unspecified atom stereocenters. The van der Waals surface area contributed by atoms with Crippen molar-refractivity contribution in [2.75, 3.05) is 19.8 Å². The van der Waals surface area contributed by atoms with Crippen LogP contribution >= 0.6 is 0 Å². The molecule has 5 nitrogen and oxygen atoms in total.